The normalized spacial score (nSPS) is 23.9. The van der Waals surface area contributed by atoms with E-state index in [9.17, 15) is 13.2 Å². The molecule has 0 amide bonds. The number of esters is 1. The van der Waals surface area contributed by atoms with Crippen molar-refractivity contribution in [2.24, 2.45) is 5.92 Å². The van der Waals surface area contributed by atoms with Crippen molar-refractivity contribution < 1.29 is 22.4 Å². The van der Waals surface area contributed by atoms with Gasteiger partial charge in [0.05, 0.1) is 24.5 Å². The molecule has 0 spiro atoms. The van der Waals surface area contributed by atoms with E-state index in [1.54, 1.807) is 25.3 Å². The summed E-state index contributed by atoms with van der Waals surface area (Å²) in [6, 6.07) is 3.28. The van der Waals surface area contributed by atoms with Crippen LogP contribution in [0.25, 0.3) is 0 Å². The van der Waals surface area contributed by atoms with Crippen molar-refractivity contribution >= 4 is 16.0 Å². The topological polar surface area (TPSA) is 85.6 Å². The monoisotopic (exact) mass is 315 g/mol. The summed E-state index contributed by atoms with van der Waals surface area (Å²) in [7, 11) is -2.27. The van der Waals surface area contributed by atoms with E-state index in [4.69, 9.17) is 9.15 Å². The van der Waals surface area contributed by atoms with E-state index in [1.165, 1.54) is 7.11 Å². The number of hydrogen-bond donors (Lipinski definition) is 1. The maximum atomic E-state index is 12.5. The maximum absolute atomic E-state index is 12.5. The lowest BCUT2D eigenvalue weighted by Crippen LogP contribution is -2.43. The minimum Gasteiger partial charge on any atom is -0.469 e. The molecule has 2 rings (SSSR count). The van der Waals surface area contributed by atoms with Gasteiger partial charge in [0.25, 0.3) is 0 Å². The van der Waals surface area contributed by atoms with Gasteiger partial charge < -0.3 is 9.15 Å². The van der Waals surface area contributed by atoms with Crippen molar-refractivity contribution in [3.05, 3.63) is 24.2 Å². The molecule has 0 radical (unpaired) electrons. The van der Waals surface area contributed by atoms with Gasteiger partial charge in [-0.25, -0.2) is 13.1 Å². The van der Waals surface area contributed by atoms with Crippen LogP contribution in [0.4, 0.5) is 0 Å². The fourth-order valence-corrected chi connectivity index (χ4v) is 4.83. The minimum absolute atomic E-state index is 0.292. The van der Waals surface area contributed by atoms with Crippen molar-refractivity contribution in [1.29, 1.82) is 0 Å². The fraction of sp³-hybridized carbons (Fsp3) is 0.643. The first-order valence-electron chi connectivity index (χ1n) is 7.05. The van der Waals surface area contributed by atoms with Crippen molar-refractivity contribution in [3.8, 4) is 0 Å². The smallest absolute Gasteiger partial charge is 0.310 e. The molecule has 0 saturated heterocycles. The zero-order valence-electron chi connectivity index (χ0n) is 12.2. The lowest BCUT2D eigenvalue weighted by molar-refractivity contribution is -0.145. The number of furan rings is 1. The van der Waals surface area contributed by atoms with E-state index < -0.39 is 27.2 Å². The van der Waals surface area contributed by atoms with Crippen LogP contribution in [0.15, 0.2) is 22.8 Å². The molecular formula is C14H21NO5S. The minimum atomic E-state index is -3.56. The molecule has 1 fully saturated rings. The third-order valence-corrected chi connectivity index (χ3v) is 5.90. The van der Waals surface area contributed by atoms with Gasteiger partial charge in [0, 0.05) is 12.5 Å². The second-order valence-electron chi connectivity index (χ2n) is 5.45. The highest BCUT2D eigenvalue weighted by Gasteiger charge is 2.42. The van der Waals surface area contributed by atoms with Crippen LogP contribution < -0.4 is 4.72 Å². The van der Waals surface area contributed by atoms with Gasteiger partial charge in [-0.3, -0.25) is 4.79 Å². The highest BCUT2D eigenvalue weighted by molar-refractivity contribution is 7.90. The molecule has 6 nitrogen and oxygen atoms in total. The van der Waals surface area contributed by atoms with Crippen LogP contribution in [-0.2, 0) is 26.0 Å². The van der Waals surface area contributed by atoms with Gasteiger partial charge in [0.1, 0.15) is 5.76 Å². The largest absolute Gasteiger partial charge is 0.469 e. The Morgan fingerprint density at radius 1 is 1.52 bits per heavy atom. The van der Waals surface area contributed by atoms with Crippen molar-refractivity contribution in [1.82, 2.24) is 4.72 Å². The zero-order valence-corrected chi connectivity index (χ0v) is 13.1. The van der Waals surface area contributed by atoms with Crippen LogP contribution >= 0.6 is 0 Å². The molecule has 1 N–H and O–H groups in total. The quantitative estimate of drug-likeness (QED) is 0.804. The molecule has 1 aromatic heterocycles. The van der Waals surface area contributed by atoms with Gasteiger partial charge in [-0.15, -0.1) is 0 Å². The van der Waals surface area contributed by atoms with Crippen LogP contribution in [0.5, 0.6) is 0 Å². The lowest BCUT2D eigenvalue weighted by Gasteiger charge is -2.21. The number of methoxy groups -OCH3 is 1. The summed E-state index contributed by atoms with van der Waals surface area (Å²) in [6.45, 7) is 1.78. The molecule has 3 atom stereocenters. The first-order valence-corrected chi connectivity index (χ1v) is 8.60. The highest BCUT2D eigenvalue weighted by atomic mass is 32.2. The number of nitrogens with one attached hydrogen (secondary N) is 1. The Morgan fingerprint density at radius 3 is 2.90 bits per heavy atom. The van der Waals surface area contributed by atoms with Gasteiger partial charge in [0.2, 0.25) is 10.0 Å². The summed E-state index contributed by atoms with van der Waals surface area (Å²) >= 11 is 0. The summed E-state index contributed by atoms with van der Waals surface area (Å²) in [5.74, 6) is -0.286. The van der Waals surface area contributed by atoms with Gasteiger partial charge >= 0.3 is 5.97 Å². The molecule has 21 heavy (non-hydrogen) atoms. The lowest BCUT2D eigenvalue weighted by atomic mass is 10.1. The number of rotatable bonds is 6. The molecule has 0 aromatic carbocycles. The molecular weight excluding hydrogens is 294 g/mol. The third kappa shape index (κ3) is 3.85. The predicted molar refractivity (Wildman–Crippen MR) is 77.1 cm³/mol. The van der Waals surface area contributed by atoms with Crippen LogP contribution in [0.1, 0.15) is 31.9 Å². The van der Waals surface area contributed by atoms with Gasteiger partial charge in [-0.1, -0.05) is 6.42 Å². The molecule has 0 aliphatic heterocycles. The standard InChI is InChI=1S/C14H21NO5S/c1-10(9-11-5-4-8-20-11)15-21(17,18)13-7-3-6-12(13)14(16)19-2/h4-5,8,10,12-13,15H,3,6-7,9H2,1-2H3. The molecule has 1 saturated carbocycles. The summed E-state index contributed by atoms with van der Waals surface area (Å²) in [4.78, 5) is 11.7. The Morgan fingerprint density at radius 2 is 2.29 bits per heavy atom. The molecule has 3 unspecified atom stereocenters. The SMILES string of the molecule is COC(=O)C1CCCC1S(=O)(=O)NC(C)Cc1ccco1. The van der Waals surface area contributed by atoms with E-state index >= 15 is 0 Å². The van der Waals surface area contributed by atoms with E-state index in [0.29, 0.717) is 19.3 Å². The number of hydrogen-bond acceptors (Lipinski definition) is 5. The first kappa shape index (κ1) is 16.0. The van der Waals surface area contributed by atoms with Crippen LogP contribution in [0.3, 0.4) is 0 Å². The van der Waals surface area contributed by atoms with Crippen molar-refractivity contribution in [3.63, 3.8) is 0 Å². The highest BCUT2D eigenvalue weighted by Crippen LogP contribution is 2.31. The van der Waals surface area contributed by atoms with Gasteiger partial charge in [-0.05, 0) is 31.9 Å². The molecule has 1 aliphatic carbocycles. The Hall–Kier alpha value is -1.34. The zero-order chi connectivity index (χ0) is 15.5. The molecule has 1 aromatic rings. The van der Waals surface area contributed by atoms with Crippen LogP contribution in [-0.4, -0.2) is 32.8 Å². The van der Waals surface area contributed by atoms with Crippen LogP contribution in [0.2, 0.25) is 0 Å². The van der Waals surface area contributed by atoms with Crippen LogP contribution in [0, 0.1) is 5.92 Å². The average molecular weight is 315 g/mol. The number of carbonyl (C=O) groups is 1. The van der Waals surface area contributed by atoms with Crippen molar-refractivity contribution in [2.45, 2.75) is 43.9 Å². The Labute approximate surface area is 124 Å². The van der Waals surface area contributed by atoms with Crippen molar-refractivity contribution in [2.75, 3.05) is 7.11 Å². The summed E-state index contributed by atoms with van der Waals surface area (Å²) in [5, 5.41) is -0.705. The van der Waals surface area contributed by atoms with E-state index in [1.807, 2.05) is 0 Å². The molecule has 1 aliphatic rings. The van der Waals surface area contributed by atoms with Gasteiger partial charge in [0.15, 0.2) is 0 Å². The Balaban J connectivity index is 2.02. The second kappa shape index (κ2) is 6.62. The summed E-state index contributed by atoms with van der Waals surface area (Å²) in [6.07, 6.45) is 3.80. The molecule has 1 heterocycles. The predicted octanol–water partition coefficient (Wildman–Crippen LogP) is 1.47. The molecule has 0 bridgehead atoms. The number of sulfonamides is 1. The molecule has 7 heteroatoms. The Bertz CT molecular complexity index is 566. The molecule has 118 valence electrons. The number of carbonyl (C=O) groups excluding carboxylic acids is 1. The fourth-order valence-electron chi connectivity index (χ4n) is 2.86. The maximum Gasteiger partial charge on any atom is 0.310 e. The summed E-state index contributed by atoms with van der Waals surface area (Å²) < 4.78 is 37.5. The second-order valence-corrected chi connectivity index (χ2v) is 7.38. The Kier molecular flexibility index (Phi) is 5.05. The van der Waals surface area contributed by atoms with E-state index in [2.05, 4.69) is 4.72 Å². The first-order chi connectivity index (χ1) is 9.94. The van der Waals surface area contributed by atoms with E-state index in [-0.39, 0.29) is 6.04 Å². The number of ether oxygens (including phenoxy) is 1. The van der Waals surface area contributed by atoms with E-state index in [0.717, 1.165) is 12.2 Å². The summed E-state index contributed by atoms with van der Waals surface area (Å²) in [5.41, 5.74) is 0. The third-order valence-electron chi connectivity index (χ3n) is 3.81. The average Bonchev–Trinajstić information content (AvgIpc) is 3.07. The van der Waals surface area contributed by atoms with Gasteiger partial charge in [-0.2, -0.15) is 0 Å².